The molecule has 0 aromatic carbocycles. The number of nitrogens with one attached hydrogen (secondary N) is 1. The van der Waals surface area contributed by atoms with Gasteiger partial charge in [-0.15, -0.1) is 0 Å². The van der Waals surface area contributed by atoms with Crippen LogP contribution in [0.4, 0.5) is 23.8 Å². The van der Waals surface area contributed by atoms with Gasteiger partial charge in [0, 0.05) is 6.20 Å². The number of rotatable bonds is 1. The Balaban J connectivity index is 2.77. The summed E-state index contributed by atoms with van der Waals surface area (Å²) in [5.41, 5.74) is -0.877. The molecule has 1 rings (SSSR count). The summed E-state index contributed by atoms with van der Waals surface area (Å²) < 4.78 is 40.5. The third kappa shape index (κ3) is 3.12. The number of amides is 1. The topological polar surface area (TPSA) is 51.2 Å². The van der Waals surface area contributed by atoms with E-state index in [9.17, 15) is 18.0 Å². The summed E-state index contributed by atoms with van der Waals surface area (Å²) >= 11 is 0. The summed E-state index contributed by atoms with van der Waals surface area (Å²) in [6.45, 7) is 0. The highest BCUT2D eigenvalue weighted by Crippen LogP contribution is 2.28. The second-order valence-corrected chi connectivity index (χ2v) is 2.55. The predicted molar refractivity (Wildman–Crippen MR) is 45.3 cm³/mol. The third-order valence-corrected chi connectivity index (χ3v) is 1.51. The van der Waals surface area contributed by atoms with Crippen LogP contribution in [0.3, 0.4) is 0 Å². The number of methoxy groups -OCH3 is 1. The van der Waals surface area contributed by atoms with Crippen LogP contribution in [0.1, 0.15) is 5.56 Å². The molecule has 1 N–H and O–H groups in total. The molecule has 0 spiro atoms. The molecule has 0 radical (unpaired) electrons. The maximum Gasteiger partial charge on any atom is 0.417 e. The van der Waals surface area contributed by atoms with Gasteiger partial charge in [-0.05, 0) is 12.1 Å². The molecule has 1 amide bonds. The Bertz CT molecular complexity index is 348. The van der Waals surface area contributed by atoms with E-state index in [0.717, 1.165) is 19.2 Å². The highest BCUT2D eigenvalue weighted by molar-refractivity contribution is 5.83. The van der Waals surface area contributed by atoms with E-state index in [4.69, 9.17) is 0 Å². The predicted octanol–water partition coefficient (Wildman–Crippen LogP) is 2.28. The fourth-order valence-electron chi connectivity index (χ4n) is 0.791. The molecule has 7 heteroatoms. The number of ether oxygens (including phenoxy) is 1. The van der Waals surface area contributed by atoms with Gasteiger partial charge in [-0.25, -0.2) is 9.78 Å². The lowest BCUT2D eigenvalue weighted by Crippen LogP contribution is -2.13. The summed E-state index contributed by atoms with van der Waals surface area (Å²) in [6, 6.07) is 1.86. The van der Waals surface area contributed by atoms with Crippen LogP contribution >= 0.6 is 0 Å². The summed E-state index contributed by atoms with van der Waals surface area (Å²) in [4.78, 5) is 14.1. The lowest BCUT2D eigenvalue weighted by molar-refractivity contribution is -0.137. The zero-order valence-corrected chi connectivity index (χ0v) is 7.63. The standard InChI is InChI=1S/C8H7F3N2O2/c1-15-7(14)13-6-3-2-5(4-12-6)8(9,10)11/h2-4H,1H3,(H,12,13,14). The molecule has 1 aromatic rings. The first kappa shape index (κ1) is 11.3. The van der Waals surface area contributed by atoms with E-state index in [1.54, 1.807) is 0 Å². The van der Waals surface area contributed by atoms with Crippen LogP contribution in [0.25, 0.3) is 0 Å². The van der Waals surface area contributed by atoms with Crippen LogP contribution in [0.5, 0.6) is 0 Å². The number of hydrogen-bond acceptors (Lipinski definition) is 3. The second-order valence-electron chi connectivity index (χ2n) is 2.55. The first-order valence-corrected chi connectivity index (χ1v) is 3.81. The second kappa shape index (κ2) is 4.16. The zero-order valence-electron chi connectivity index (χ0n) is 7.63. The number of hydrogen-bond donors (Lipinski definition) is 1. The molecular formula is C8H7F3N2O2. The molecule has 0 fully saturated rings. The first-order valence-electron chi connectivity index (χ1n) is 3.81. The summed E-state index contributed by atoms with van der Waals surface area (Å²) in [6.07, 6.45) is -4.59. The molecule has 0 atom stereocenters. The van der Waals surface area contributed by atoms with Gasteiger partial charge >= 0.3 is 12.3 Å². The fraction of sp³-hybridized carbons (Fsp3) is 0.250. The molecule has 0 saturated carbocycles. The van der Waals surface area contributed by atoms with Crippen molar-refractivity contribution in [2.75, 3.05) is 12.4 Å². The number of carbonyl (C=O) groups is 1. The molecule has 0 aliphatic rings. The highest BCUT2D eigenvalue weighted by atomic mass is 19.4. The Morgan fingerprint density at radius 2 is 2.13 bits per heavy atom. The van der Waals surface area contributed by atoms with Crippen LogP contribution < -0.4 is 5.32 Å². The van der Waals surface area contributed by atoms with Crippen molar-refractivity contribution in [2.45, 2.75) is 6.18 Å². The van der Waals surface area contributed by atoms with Gasteiger partial charge in [-0.1, -0.05) is 0 Å². The van der Waals surface area contributed by atoms with Crippen LogP contribution in [0.15, 0.2) is 18.3 Å². The van der Waals surface area contributed by atoms with Crippen molar-refractivity contribution in [2.24, 2.45) is 0 Å². The Kier molecular flexibility index (Phi) is 3.13. The Morgan fingerprint density at radius 3 is 2.53 bits per heavy atom. The number of pyridine rings is 1. The average molecular weight is 220 g/mol. The van der Waals surface area contributed by atoms with Crippen molar-refractivity contribution < 1.29 is 22.7 Å². The molecule has 1 heterocycles. The van der Waals surface area contributed by atoms with Crippen molar-refractivity contribution in [1.29, 1.82) is 0 Å². The minimum atomic E-state index is -4.43. The van der Waals surface area contributed by atoms with E-state index in [2.05, 4.69) is 15.0 Å². The van der Waals surface area contributed by atoms with Crippen LogP contribution in [-0.4, -0.2) is 18.2 Å². The molecule has 0 bridgehead atoms. The third-order valence-electron chi connectivity index (χ3n) is 1.51. The van der Waals surface area contributed by atoms with Crippen molar-refractivity contribution in [3.05, 3.63) is 23.9 Å². The SMILES string of the molecule is COC(=O)Nc1ccc(C(F)(F)F)cn1. The highest BCUT2D eigenvalue weighted by Gasteiger charge is 2.30. The quantitative estimate of drug-likeness (QED) is 0.789. The maximum absolute atomic E-state index is 12.1. The molecule has 0 aliphatic carbocycles. The van der Waals surface area contributed by atoms with Gasteiger partial charge in [-0.3, -0.25) is 5.32 Å². The minimum Gasteiger partial charge on any atom is -0.453 e. The molecule has 0 unspecified atom stereocenters. The number of aromatic nitrogens is 1. The number of halogens is 3. The monoisotopic (exact) mass is 220 g/mol. The van der Waals surface area contributed by atoms with E-state index in [-0.39, 0.29) is 5.82 Å². The number of anilines is 1. The van der Waals surface area contributed by atoms with Crippen LogP contribution in [-0.2, 0) is 10.9 Å². The van der Waals surface area contributed by atoms with E-state index in [1.165, 1.54) is 0 Å². The lowest BCUT2D eigenvalue weighted by Gasteiger charge is -2.06. The molecule has 15 heavy (non-hydrogen) atoms. The van der Waals surface area contributed by atoms with Crippen molar-refractivity contribution in [1.82, 2.24) is 4.98 Å². The van der Waals surface area contributed by atoms with E-state index < -0.39 is 17.8 Å². The maximum atomic E-state index is 12.1. The molecular weight excluding hydrogens is 213 g/mol. The Hall–Kier alpha value is -1.79. The van der Waals surface area contributed by atoms with Gasteiger partial charge in [0.05, 0.1) is 12.7 Å². The van der Waals surface area contributed by atoms with Gasteiger partial charge in [0.2, 0.25) is 0 Å². The normalized spacial score (nSPS) is 10.9. The van der Waals surface area contributed by atoms with Gasteiger partial charge in [-0.2, -0.15) is 13.2 Å². The zero-order chi connectivity index (χ0) is 11.5. The number of alkyl halides is 3. The average Bonchev–Trinajstić information content (AvgIpc) is 2.17. The van der Waals surface area contributed by atoms with Gasteiger partial charge in [0.25, 0.3) is 0 Å². The van der Waals surface area contributed by atoms with Crippen molar-refractivity contribution in [3.63, 3.8) is 0 Å². The van der Waals surface area contributed by atoms with Gasteiger partial charge < -0.3 is 4.74 Å². The van der Waals surface area contributed by atoms with Crippen LogP contribution in [0.2, 0.25) is 0 Å². The van der Waals surface area contributed by atoms with E-state index in [1.807, 2.05) is 0 Å². The molecule has 82 valence electrons. The molecule has 1 aromatic heterocycles. The smallest absolute Gasteiger partial charge is 0.417 e. The van der Waals surface area contributed by atoms with E-state index >= 15 is 0 Å². The molecule has 0 aliphatic heterocycles. The lowest BCUT2D eigenvalue weighted by atomic mass is 10.3. The first-order chi connectivity index (χ1) is 6.93. The number of nitrogens with zero attached hydrogens (tertiary/aromatic N) is 1. The van der Waals surface area contributed by atoms with Gasteiger partial charge in [0.1, 0.15) is 5.82 Å². The molecule has 4 nitrogen and oxygen atoms in total. The van der Waals surface area contributed by atoms with E-state index in [0.29, 0.717) is 6.20 Å². The van der Waals surface area contributed by atoms with Crippen molar-refractivity contribution >= 4 is 11.9 Å². The number of carbonyl (C=O) groups excluding carboxylic acids is 1. The van der Waals surface area contributed by atoms with Crippen LogP contribution in [0, 0.1) is 0 Å². The largest absolute Gasteiger partial charge is 0.453 e. The Morgan fingerprint density at radius 1 is 1.47 bits per heavy atom. The summed E-state index contributed by atoms with van der Waals surface area (Å²) in [7, 11) is 1.14. The van der Waals surface area contributed by atoms with Crippen molar-refractivity contribution in [3.8, 4) is 0 Å². The molecule has 0 saturated heterocycles. The minimum absolute atomic E-state index is 0.00477. The summed E-state index contributed by atoms with van der Waals surface area (Å²) in [5.74, 6) is -0.00477. The Labute approximate surface area is 83.1 Å². The summed E-state index contributed by atoms with van der Waals surface area (Å²) in [5, 5.41) is 2.13. The fourth-order valence-corrected chi connectivity index (χ4v) is 0.791. The van der Waals surface area contributed by atoms with Gasteiger partial charge in [0.15, 0.2) is 0 Å².